The average Bonchev–Trinajstić information content (AvgIpc) is 3.24. The number of rotatable bonds is 5. The molecule has 32 heavy (non-hydrogen) atoms. The lowest BCUT2D eigenvalue weighted by molar-refractivity contribution is 0.0989. The predicted octanol–water partition coefficient (Wildman–Crippen LogP) is 4.32. The zero-order valence-corrected chi connectivity index (χ0v) is 18.6. The van der Waals surface area contributed by atoms with Crippen LogP contribution in [-0.2, 0) is 10.0 Å². The molecule has 9 heteroatoms. The summed E-state index contributed by atoms with van der Waals surface area (Å²) in [5, 5.41) is 13.0. The van der Waals surface area contributed by atoms with Crippen molar-refractivity contribution in [3.8, 4) is 22.4 Å². The van der Waals surface area contributed by atoms with E-state index in [9.17, 15) is 13.2 Å². The van der Waals surface area contributed by atoms with Gasteiger partial charge in [0, 0.05) is 28.9 Å². The zero-order chi connectivity index (χ0) is 22.9. The number of aromatic nitrogens is 2. The molecule has 7 nitrogen and oxygen atoms in total. The Morgan fingerprint density at radius 3 is 2.12 bits per heavy atom. The maximum Gasteiger partial charge on any atom is 0.276 e. The number of nitrogens with two attached hydrogens (primary N) is 1. The molecule has 1 heterocycles. The standard InChI is InChI=1S/C23H19ClN4O3S/c1-28(18-5-3-2-4-6-18)23(29)22-20(15-7-11-17(24)12-8-15)21(26-27-22)16-9-13-19(14-10-16)32(25,30)31/h2-14H,1H3,(H,26,27)(H2,25,30,31). The highest BCUT2D eigenvalue weighted by Crippen LogP contribution is 2.35. The fourth-order valence-electron chi connectivity index (χ4n) is 3.34. The summed E-state index contributed by atoms with van der Waals surface area (Å²) in [5.74, 6) is -0.277. The summed E-state index contributed by atoms with van der Waals surface area (Å²) < 4.78 is 23.2. The van der Waals surface area contributed by atoms with E-state index in [1.54, 1.807) is 43.4 Å². The summed E-state index contributed by atoms with van der Waals surface area (Å²) in [6, 6.07) is 22.3. The fraction of sp³-hybridized carbons (Fsp3) is 0.0435. The van der Waals surface area contributed by atoms with E-state index in [1.165, 1.54) is 17.0 Å². The van der Waals surface area contributed by atoms with Crippen molar-refractivity contribution < 1.29 is 13.2 Å². The highest BCUT2D eigenvalue weighted by molar-refractivity contribution is 7.89. The molecule has 1 amide bonds. The number of nitrogens with one attached hydrogen (secondary N) is 1. The van der Waals surface area contributed by atoms with Crippen LogP contribution in [0.15, 0.2) is 83.8 Å². The zero-order valence-electron chi connectivity index (χ0n) is 17.0. The minimum atomic E-state index is -3.82. The Bertz CT molecular complexity index is 1370. The van der Waals surface area contributed by atoms with Gasteiger partial charge in [-0.2, -0.15) is 5.10 Å². The van der Waals surface area contributed by atoms with Crippen LogP contribution in [0, 0.1) is 0 Å². The van der Waals surface area contributed by atoms with Gasteiger partial charge in [0.25, 0.3) is 5.91 Å². The summed E-state index contributed by atoms with van der Waals surface area (Å²) in [4.78, 5) is 14.9. The van der Waals surface area contributed by atoms with Gasteiger partial charge in [-0.3, -0.25) is 9.89 Å². The maximum absolute atomic E-state index is 13.4. The van der Waals surface area contributed by atoms with Crippen molar-refractivity contribution in [2.75, 3.05) is 11.9 Å². The Balaban J connectivity index is 1.84. The molecule has 0 radical (unpaired) electrons. The molecule has 0 bridgehead atoms. The Morgan fingerprint density at radius 1 is 0.938 bits per heavy atom. The molecule has 4 rings (SSSR count). The van der Waals surface area contributed by atoms with Crippen LogP contribution in [0.25, 0.3) is 22.4 Å². The number of halogens is 1. The molecule has 0 saturated carbocycles. The van der Waals surface area contributed by atoms with Gasteiger partial charge in [-0.15, -0.1) is 0 Å². The Kier molecular flexibility index (Phi) is 5.84. The minimum Gasteiger partial charge on any atom is -0.310 e. The molecule has 3 N–H and O–H groups in total. The van der Waals surface area contributed by atoms with Gasteiger partial charge in [0.1, 0.15) is 11.4 Å². The topological polar surface area (TPSA) is 109 Å². The van der Waals surface area contributed by atoms with E-state index in [1.807, 2.05) is 30.3 Å². The van der Waals surface area contributed by atoms with Crippen LogP contribution in [0.5, 0.6) is 0 Å². The molecule has 1 aromatic heterocycles. The molecule has 0 aliphatic rings. The van der Waals surface area contributed by atoms with Crippen molar-refractivity contribution in [2.24, 2.45) is 5.14 Å². The number of amides is 1. The number of hydrogen-bond acceptors (Lipinski definition) is 4. The van der Waals surface area contributed by atoms with E-state index in [0.29, 0.717) is 27.5 Å². The molecule has 4 aromatic rings. The SMILES string of the molecule is CN(C(=O)c1[nH]nc(-c2ccc(S(N)(=O)=O)cc2)c1-c1ccc(Cl)cc1)c1ccccc1. The average molecular weight is 467 g/mol. The summed E-state index contributed by atoms with van der Waals surface area (Å²) in [6.45, 7) is 0. The van der Waals surface area contributed by atoms with Gasteiger partial charge in [-0.05, 0) is 42.0 Å². The van der Waals surface area contributed by atoms with E-state index in [0.717, 1.165) is 11.3 Å². The van der Waals surface area contributed by atoms with E-state index < -0.39 is 10.0 Å². The van der Waals surface area contributed by atoms with Crippen LogP contribution >= 0.6 is 11.6 Å². The Morgan fingerprint density at radius 2 is 1.53 bits per heavy atom. The molecule has 0 fully saturated rings. The number of carbonyl (C=O) groups is 1. The number of carbonyl (C=O) groups excluding carboxylic acids is 1. The van der Waals surface area contributed by atoms with Gasteiger partial charge in [-0.1, -0.05) is 54.1 Å². The molecule has 0 spiro atoms. The van der Waals surface area contributed by atoms with Crippen LogP contribution in [0.1, 0.15) is 10.5 Å². The number of nitrogens with zero attached hydrogens (tertiary/aromatic N) is 2. The van der Waals surface area contributed by atoms with E-state index >= 15 is 0 Å². The summed E-state index contributed by atoms with van der Waals surface area (Å²) >= 11 is 6.06. The van der Waals surface area contributed by atoms with Gasteiger partial charge in [0.15, 0.2) is 0 Å². The van der Waals surface area contributed by atoms with E-state index in [-0.39, 0.29) is 10.8 Å². The fourth-order valence-corrected chi connectivity index (χ4v) is 3.98. The first-order valence-electron chi connectivity index (χ1n) is 9.56. The number of anilines is 1. The lowest BCUT2D eigenvalue weighted by Crippen LogP contribution is -2.27. The second-order valence-corrected chi connectivity index (χ2v) is 9.10. The maximum atomic E-state index is 13.4. The number of para-hydroxylation sites is 1. The smallest absolute Gasteiger partial charge is 0.276 e. The first-order chi connectivity index (χ1) is 15.3. The predicted molar refractivity (Wildman–Crippen MR) is 125 cm³/mol. The van der Waals surface area contributed by atoms with Gasteiger partial charge in [-0.25, -0.2) is 13.6 Å². The largest absolute Gasteiger partial charge is 0.310 e. The number of hydrogen-bond donors (Lipinski definition) is 2. The van der Waals surface area contributed by atoms with Gasteiger partial charge in [0.2, 0.25) is 10.0 Å². The summed E-state index contributed by atoms with van der Waals surface area (Å²) in [6.07, 6.45) is 0. The van der Waals surface area contributed by atoms with Gasteiger partial charge in [0.05, 0.1) is 4.90 Å². The summed E-state index contributed by atoms with van der Waals surface area (Å²) in [5.41, 5.74) is 3.46. The Labute approximate surface area is 190 Å². The van der Waals surface area contributed by atoms with Gasteiger partial charge < -0.3 is 4.90 Å². The van der Waals surface area contributed by atoms with Gasteiger partial charge >= 0.3 is 0 Å². The van der Waals surface area contributed by atoms with Crippen molar-refractivity contribution in [2.45, 2.75) is 4.90 Å². The van der Waals surface area contributed by atoms with Crippen molar-refractivity contribution >= 4 is 33.2 Å². The molecular weight excluding hydrogens is 448 g/mol. The van der Waals surface area contributed by atoms with Crippen molar-refractivity contribution in [1.29, 1.82) is 0 Å². The molecule has 0 unspecified atom stereocenters. The van der Waals surface area contributed by atoms with Crippen LogP contribution in [-0.4, -0.2) is 31.6 Å². The first-order valence-corrected chi connectivity index (χ1v) is 11.5. The third kappa shape index (κ3) is 4.29. The first kappa shape index (κ1) is 21.8. The number of H-pyrrole nitrogens is 1. The van der Waals surface area contributed by atoms with Crippen molar-refractivity contribution in [3.63, 3.8) is 0 Å². The highest BCUT2D eigenvalue weighted by Gasteiger charge is 2.25. The van der Waals surface area contributed by atoms with Crippen LogP contribution < -0.4 is 10.0 Å². The molecular formula is C23H19ClN4O3S. The monoisotopic (exact) mass is 466 g/mol. The van der Waals surface area contributed by atoms with Crippen LogP contribution in [0.4, 0.5) is 5.69 Å². The molecule has 162 valence electrons. The molecule has 0 aliphatic carbocycles. The number of sulfonamides is 1. The number of primary sulfonamides is 1. The molecule has 3 aromatic carbocycles. The molecule has 0 atom stereocenters. The normalized spacial score (nSPS) is 11.3. The van der Waals surface area contributed by atoms with Crippen molar-refractivity contribution in [1.82, 2.24) is 10.2 Å². The van der Waals surface area contributed by atoms with E-state index in [2.05, 4.69) is 10.2 Å². The lowest BCUT2D eigenvalue weighted by Gasteiger charge is -2.17. The van der Waals surface area contributed by atoms with E-state index in [4.69, 9.17) is 16.7 Å². The van der Waals surface area contributed by atoms with Crippen LogP contribution in [0.2, 0.25) is 5.02 Å². The Hall–Kier alpha value is -3.46. The highest BCUT2D eigenvalue weighted by atomic mass is 35.5. The quantitative estimate of drug-likeness (QED) is 0.456. The third-order valence-corrected chi connectivity index (χ3v) is 6.20. The second kappa shape index (κ2) is 8.58. The second-order valence-electron chi connectivity index (χ2n) is 7.10. The number of benzene rings is 3. The van der Waals surface area contributed by atoms with Crippen LogP contribution in [0.3, 0.4) is 0 Å². The molecule has 0 aliphatic heterocycles. The number of aromatic amines is 1. The van der Waals surface area contributed by atoms with Crippen molar-refractivity contribution in [3.05, 3.63) is 89.6 Å². The third-order valence-electron chi connectivity index (χ3n) is 5.02. The summed E-state index contributed by atoms with van der Waals surface area (Å²) in [7, 11) is -2.14. The molecule has 0 saturated heterocycles. The lowest BCUT2D eigenvalue weighted by atomic mass is 9.98. The minimum absolute atomic E-state index is 0.00932.